The monoisotopic (exact) mass is 514 g/mol. The number of hydrogen-bond acceptors (Lipinski definition) is 3. The topological polar surface area (TPSA) is 58.2 Å². The normalized spacial score (nSPS) is 14.5. The lowest BCUT2D eigenvalue weighted by Gasteiger charge is -2.15. The van der Waals surface area contributed by atoms with Crippen molar-refractivity contribution in [3.63, 3.8) is 0 Å². The van der Waals surface area contributed by atoms with Crippen molar-refractivity contribution in [1.82, 2.24) is 0 Å². The van der Waals surface area contributed by atoms with E-state index in [2.05, 4.69) is 10.6 Å². The number of nitrogens with one attached hydrogen (secondary N) is 2. The number of thioether (sulfide) groups is 1. The second kappa shape index (κ2) is 10.6. The average molecular weight is 514 g/mol. The number of benzene rings is 2. The molecule has 0 bridgehead atoms. The number of hydrogen-bond donors (Lipinski definition) is 2. The second-order valence-corrected chi connectivity index (χ2v) is 8.66. The summed E-state index contributed by atoms with van der Waals surface area (Å²) >= 11 is 1.43. The van der Waals surface area contributed by atoms with Crippen LogP contribution in [0.25, 0.3) is 0 Å². The van der Waals surface area contributed by atoms with Crippen LogP contribution in [0.15, 0.2) is 64.4 Å². The molecule has 0 aromatic heterocycles. The van der Waals surface area contributed by atoms with Gasteiger partial charge in [0.25, 0.3) is 5.91 Å². The number of rotatable bonds is 5. The Morgan fingerprint density at radius 3 is 2.00 bits per heavy atom. The van der Waals surface area contributed by atoms with Gasteiger partial charge in [-0.2, -0.15) is 26.3 Å². The maximum absolute atomic E-state index is 13.0. The van der Waals surface area contributed by atoms with Gasteiger partial charge in [0.2, 0.25) is 5.91 Å². The summed E-state index contributed by atoms with van der Waals surface area (Å²) in [6.45, 7) is 1.98. The van der Waals surface area contributed by atoms with E-state index in [1.165, 1.54) is 29.5 Å². The van der Waals surface area contributed by atoms with Crippen LogP contribution in [-0.2, 0) is 28.4 Å². The average Bonchev–Trinajstić information content (AvgIpc) is 2.98. The van der Waals surface area contributed by atoms with Crippen LogP contribution in [0.3, 0.4) is 0 Å². The predicted octanol–water partition coefficient (Wildman–Crippen LogP) is 7.16. The molecule has 1 aliphatic heterocycles. The number of alkyl halides is 6. The van der Waals surface area contributed by atoms with Crippen LogP contribution in [0.4, 0.5) is 37.7 Å². The fraction of sp³-hybridized carbons (Fsp3) is 0.250. The minimum Gasteiger partial charge on any atom is -0.326 e. The Kier molecular flexibility index (Phi) is 7.99. The molecule has 0 spiro atoms. The van der Waals surface area contributed by atoms with Crippen LogP contribution in [0.1, 0.15) is 36.5 Å². The minimum atomic E-state index is -5.01. The van der Waals surface area contributed by atoms with Crippen molar-refractivity contribution in [3.8, 4) is 0 Å². The highest BCUT2D eigenvalue weighted by Crippen LogP contribution is 2.37. The number of halogens is 6. The van der Waals surface area contributed by atoms with Gasteiger partial charge in [-0.25, -0.2) is 0 Å². The molecule has 0 radical (unpaired) electrons. The first-order valence-corrected chi connectivity index (χ1v) is 11.3. The van der Waals surface area contributed by atoms with E-state index in [9.17, 15) is 35.9 Å². The van der Waals surface area contributed by atoms with Gasteiger partial charge in [0.05, 0.1) is 17.5 Å². The van der Waals surface area contributed by atoms with E-state index in [0.29, 0.717) is 35.4 Å². The minimum absolute atomic E-state index is 0.00978. The molecular weight excluding hydrogens is 494 g/mol. The van der Waals surface area contributed by atoms with Crippen molar-refractivity contribution < 1.29 is 35.9 Å². The van der Waals surface area contributed by atoms with Crippen molar-refractivity contribution in [3.05, 3.63) is 81.1 Å². The Balaban J connectivity index is 1.64. The van der Waals surface area contributed by atoms with E-state index >= 15 is 0 Å². The van der Waals surface area contributed by atoms with E-state index in [4.69, 9.17) is 0 Å². The van der Waals surface area contributed by atoms with Crippen LogP contribution in [0, 0.1) is 0 Å². The molecule has 2 amide bonds. The van der Waals surface area contributed by atoms with Crippen LogP contribution < -0.4 is 10.6 Å². The van der Waals surface area contributed by atoms with Crippen molar-refractivity contribution >= 4 is 35.0 Å². The molecule has 3 rings (SSSR count). The van der Waals surface area contributed by atoms with E-state index in [0.717, 1.165) is 6.42 Å². The van der Waals surface area contributed by atoms with Crippen molar-refractivity contribution in [1.29, 1.82) is 0 Å². The van der Waals surface area contributed by atoms with E-state index in [1.807, 2.05) is 12.3 Å². The molecule has 0 aliphatic carbocycles. The van der Waals surface area contributed by atoms with Gasteiger partial charge in [0.1, 0.15) is 0 Å². The summed E-state index contributed by atoms with van der Waals surface area (Å²) in [4.78, 5) is 24.7. The summed E-state index contributed by atoms with van der Waals surface area (Å²) in [6.07, 6.45) is -8.94. The number of amides is 2. The molecule has 2 aromatic carbocycles. The Hall–Kier alpha value is -3.21. The molecule has 1 heterocycles. The molecule has 11 heteroatoms. The molecule has 2 N–H and O–H groups in total. The first kappa shape index (κ1) is 26.4. The summed E-state index contributed by atoms with van der Waals surface area (Å²) in [6, 6.07) is 7.06. The molecular formula is C24H20F6N2O2S. The molecule has 1 aliphatic rings. The van der Waals surface area contributed by atoms with Gasteiger partial charge >= 0.3 is 12.4 Å². The number of allylic oxidation sites excluding steroid dienone is 1. The zero-order valence-corrected chi connectivity index (χ0v) is 19.1. The predicted molar refractivity (Wildman–Crippen MR) is 123 cm³/mol. The van der Waals surface area contributed by atoms with Gasteiger partial charge < -0.3 is 10.6 Å². The summed E-state index contributed by atoms with van der Waals surface area (Å²) in [5.74, 6) is -1.05. The van der Waals surface area contributed by atoms with E-state index in [-0.39, 0.29) is 18.4 Å². The second-order valence-electron chi connectivity index (χ2n) is 7.91. The maximum Gasteiger partial charge on any atom is 0.416 e. The third-order valence-electron chi connectivity index (χ3n) is 5.01. The molecule has 2 aromatic rings. The zero-order chi connectivity index (χ0) is 25.8. The quantitative estimate of drug-likeness (QED) is 0.417. The summed E-state index contributed by atoms with van der Waals surface area (Å²) < 4.78 is 77.9. The molecule has 0 saturated carbocycles. The van der Waals surface area contributed by atoms with Gasteiger partial charge in [-0.3, -0.25) is 9.59 Å². The van der Waals surface area contributed by atoms with Crippen LogP contribution in [0.2, 0.25) is 0 Å². The molecule has 35 heavy (non-hydrogen) atoms. The van der Waals surface area contributed by atoms with Crippen molar-refractivity contribution in [2.45, 2.75) is 38.5 Å². The van der Waals surface area contributed by atoms with Crippen molar-refractivity contribution in [2.24, 2.45) is 0 Å². The summed E-state index contributed by atoms with van der Waals surface area (Å²) in [7, 11) is 0. The smallest absolute Gasteiger partial charge is 0.326 e. The van der Waals surface area contributed by atoms with Gasteiger partial charge in [-0.15, -0.1) is 11.8 Å². The van der Waals surface area contributed by atoms with Crippen LogP contribution in [-0.4, -0.2) is 11.8 Å². The Morgan fingerprint density at radius 2 is 1.43 bits per heavy atom. The van der Waals surface area contributed by atoms with Crippen molar-refractivity contribution in [2.75, 3.05) is 10.6 Å². The molecule has 0 saturated heterocycles. The SMILES string of the molecule is CC1=CSC=C(C(=O)Nc2ccc(CC(=O)Nc3cc(C(F)(F)F)cc(C(F)(F)F)c3)cc2)CC1. The molecule has 0 unspecified atom stereocenters. The lowest BCUT2D eigenvalue weighted by molar-refractivity contribution is -0.143. The van der Waals surface area contributed by atoms with Gasteiger partial charge in [0.15, 0.2) is 0 Å². The molecule has 4 nitrogen and oxygen atoms in total. The fourth-order valence-corrected chi connectivity index (χ4v) is 3.99. The summed E-state index contributed by atoms with van der Waals surface area (Å²) in [5.41, 5.74) is -0.909. The molecule has 0 fully saturated rings. The number of carbonyl (C=O) groups is 2. The standard InChI is InChI=1S/C24H20F6N2O2S/c1-14-2-5-16(13-35-12-14)22(34)32-19-6-3-15(4-7-19)8-21(33)31-20-10-17(23(25,26)27)9-18(11-20)24(28,29)30/h3-4,6-7,9-13H,2,5,8H2,1H3,(H,31,33)(H,32,34). The third-order valence-corrected chi connectivity index (χ3v) is 5.97. The lowest BCUT2D eigenvalue weighted by atomic mass is 10.1. The first-order chi connectivity index (χ1) is 16.3. The van der Waals surface area contributed by atoms with Crippen LogP contribution in [0.5, 0.6) is 0 Å². The van der Waals surface area contributed by atoms with E-state index < -0.39 is 35.1 Å². The summed E-state index contributed by atoms with van der Waals surface area (Å²) in [5, 5.41) is 8.61. The van der Waals surface area contributed by atoms with Gasteiger partial charge in [-0.1, -0.05) is 17.7 Å². The van der Waals surface area contributed by atoms with E-state index in [1.54, 1.807) is 17.5 Å². The molecule has 186 valence electrons. The first-order valence-electron chi connectivity index (χ1n) is 10.3. The van der Waals surface area contributed by atoms with Crippen LogP contribution >= 0.6 is 11.8 Å². The van der Waals surface area contributed by atoms with Gasteiger partial charge in [0, 0.05) is 16.9 Å². The third kappa shape index (κ3) is 7.64. The number of anilines is 2. The highest BCUT2D eigenvalue weighted by atomic mass is 32.2. The molecule has 0 atom stereocenters. The Morgan fingerprint density at radius 1 is 0.829 bits per heavy atom. The lowest BCUT2D eigenvalue weighted by Crippen LogP contribution is -2.17. The zero-order valence-electron chi connectivity index (χ0n) is 18.3. The highest BCUT2D eigenvalue weighted by Gasteiger charge is 2.37. The fourth-order valence-electron chi connectivity index (χ4n) is 3.18. The Labute approximate surface area is 201 Å². The highest BCUT2D eigenvalue weighted by molar-refractivity contribution is 8.05. The maximum atomic E-state index is 13.0. The number of carbonyl (C=O) groups excluding carboxylic acids is 2. The largest absolute Gasteiger partial charge is 0.416 e. The Bertz CT molecular complexity index is 1140. The van der Waals surface area contributed by atoms with Gasteiger partial charge in [-0.05, 0) is 66.5 Å².